The highest BCUT2D eigenvalue weighted by Gasteiger charge is 2.04. The summed E-state index contributed by atoms with van der Waals surface area (Å²) < 4.78 is 5.64. The van der Waals surface area contributed by atoms with E-state index in [1.165, 1.54) is 5.56 Å². The van der Waals surface area contributed by atoms with Crippen LogP contribution in [0.3, 0.4) is 0 Å². The molecule has 0 atom stereocenters. The molecule has 4 nitrogen and oxygen atoms in total. The van der Waals surface area contributed by atoms with Crippen LogP contribution < -0.4 is 10.5 Å². The zero-order valence-corrected chi connectivity index (χ0v) is 10.7. The van der Waals surface area contributed by atoms with Crippen molar-refractivity contribution in [3.05, 3.63) is 47.3 Å². The first kappa shape index (κ1) is 12.5. The minimum absolute atomic E-state index is 0.364. The average Bonchev–Trinajstić information content (AvgIpc) is 2.35. The van der Waals surface area contributed by atoms with Crippen LogP contribution >= 0.6 is 0 Å². The second kappa shape index (κ2) is 5.60. The molecule has 18 heavy (non-hydrogen) atoms. The summed E-state index contributed by atoms with van der Waals surface area (Å²) in [7, 11) is 0. The van der Waals surface area contributed by atoms with E-state index in [1.807, 2.05) is 19.1 Å². The Labute approximate surface area is 107 Å². The lowest BCUT2D eigenvalue weighted by atomic mass is 10.1. The van der Waals surface area contributed by atoms with E-state index >= 15 is 0 Å². The summed E-state index contributed by atoms with van der Waals surface area (Å²) in [6, 6.07) is 6.37. The van der Waals surface area contributed by atoms with Gasteiger partial charge in [-0.05, 0) is 44.0 Å². The molecule has 4 heteroatoms. The maximum Gasteiger partial charge on any atom is 0.321 e. The molecule has 0 bridgehead atoms. The van der Waals surface area contributed by atoms with E-state index in [0.717, 1.165) is 23.3 Å². The third-order valence-corrected chi connectivity index (χ3v) is 2.65. The molecular formula is C14H17N3O. The molecule has 1 heterocycles. The van der Waals surface area contributed by atoms with E-state index in [2.05, 4.69) is 23.0 Å². The maximum absolute atomic E-state index is 5.64. The lowest BCUT2D eigenvalue weighted by Gasteiger charge is -2.07. The van der Waals surface area contributed by atoms with Gasteiger partial charge in [0.1, 0.15) is 5.75 Å². The van der Waals surface area contributed by atoms with E-state index in [-0.39, 0.29) is 0 Å². The number of benzene rings is 1. The monoisotopic (exact) mass is 243 g/mol. The first-order valence-corrected chi connectivity index (χ1v) is 5.95. The number of hydrogen-bond acceptors (Lipinski definition) is 4. The Morgan fingerprint density at radius 1 is 1.17 bits per heavy atom. The molecule has 2 rings (SSSR count). The van der Waals surface area contributed by atoms with Crippen LogP contribution in [-0.2, 0) is 6.42 Å². The van der Waals surface area contributed by atoms with Crippen LogP contribution in [0.2, 0.25) is 0 Å². The first-order valence-electron chi connectivity index (χ1n) is 5.95. The van der Waals surface area contributed by atoms with Crippen molar-refractivity contribution in [2.24, 2.45) is 5.73 Å². The summed E-state index contributed by atoms with van der Waals surface area (Å²) in [5.41, 5.74) is 8.77. The van der Waals surface area contributed by atoms with Crippen molar-refractivity contribution < 1.29 is 4.74 Å². The molecule has 1 aromatic heterocycles. The first-order chi connectivity index (χ1) is 8.69. The van der Waals surface area contributed by atoms with Crippen molar-refractivity contribution in [1.29, 1.82) is 0 Å². The van der Waals surface area contributed by atoms with Crippen molar-refractivity contribution in [3.63, 3.8) is 0 Å². The number of nitrogens with two attached hydrogens (primary N) is 1. The van der Waals surface area contributed by atoms with Crippen LogP contribution in [0.15, 0.2) is 30.6 Å². The lowest BCUT2D eigenvalue weighted by Crippen LogP contribution is -2.03. The smallest absolute Gasteiger partial charge is 0.321 e. The highest BCUT2D eigenvalue weighted by atomic mass is 16.5. The quantitative estimate of drug-likeness (QED) is 0.895. The van der Waals surface area contributed by atoms with Gasteiger partial charge in [0.05, 0.1) is 0 Å². The summed E-state index contributed by atoms with van der Waals surface area (Å²) in [6.07, 6.45) is 4.28. The standard InChI is InChI=1S/C14H17N3O/c1-10-3-4-13(11(2)7-10)18-14-16-8-12(5-6-15)9-17-14/h3-4,7-9H,5-6,15H2,1-2H3. The molecule has 2 aromatic rings. The molecule has 0 aliphatic rings. The molecule has 0 saturated carbocycles. The number of hydrogen-bond donors (Lipinski definition) is 1. The fourth-order valence-corrected chi connectivity index (χ4v) is 1.70. The van der Waals surface area contributed by atoms with Gasteiger partial charge >= 0.3 is 6.01 Å². The third-order valence-electron chi connectivity index (χ3n) is 2.65. The van der Waals surface area contributed by atoms with E-state index in [4.69, 9.17) is 10.5 Å². The van der Waals surface area contributed by atoms with Crippen LogP contribution in [0.1, 0.15) is 16.7 Å². The van der Waals surface area contributed by atoms with Gasteiger partial charge < -0.3 is 10.5 Å². The van der Waals surface area contributed by atoms with E-state index in [0.29, 0.717) is 12.6 Å². The predicted octanol–water partition coefficient (Wildman–Crippen LogP) is 2.39. The zero-order valence-electron chi connectivity index (χ0n) is 10.7. The van der Waals surface area contributed by atoms with Crippen LogP contribution in [-0.4, -0.2) is 16.5 Å². The molecule has 0 fully saturated rings. The molecule has 94 valence electrons. The Morgan fingerprint density at radius 3 is 2.50 bits per heavy atom. The molecule has 0 radical (unpaired) electrons. The van der Waals surface area contributed by atoms with Gasteiger partial charge in [-0.15, -0.1) is 0 Å². The number of aromatic nitrogens is 2. The molecule has 0 amide bonds. The van der Waals surface area contributed by atoms with Crippen molar-refractivity contribution in [3.8, 4) is 11.8 Å². The Bertz CT molecular complexity index is 523. The Balaban J connectivity index is 2.13. The van der Waals surface area contributed by atoms with E-state index < -0.39 is 0 Å². The zero-order chi connectivity index (χ0) is 13.0. The summed E-state index contributed by atoms with van der Waals surface area (Å²) in [4.78, 5) is 8.33. The van der Waals surface area contributed by atoms with Gasteiger partial charge in [0.25, 0.3) is 0 Å². The number of nitrogens with zero attached hydrogens (tertiary/aromatic N) is 2. The Hall–Kier alpha value is -1.94. The normalized spacial score (nSPS) is 10.4. The highest BCUT2D eigenvalue weighted by molar-refractivity contribution is 5.37. The topological polar surface area (TPSA) is 61.0 Å². The Kier molecular flexibility index (Phi) is 3.89. The summed E-state index contributed by atoms with van der Waals surface area (Å²) in [5.74, 6) is 0.784. The van der Waals surface area contributed by atoms with E-state index in [9.17, 15) is 0 Å². The van der Waals surface area contributed by atoms with Gasteiger partial charge in [0.15, 0.2) is 0 Å². The number of rotatable bonds is 4. The molecule has 2 N–H and O–H groups in total. The average molecular weight is 243 g/mol. The fourth-order valence-electron chi connectivity index (χ4n) is 1.70. The van der Waals surface area contributed by atoms with Crippen LogP contribution in [0.5, 0.6) is 11.8 Å². The van der Waals surface area contributed by atoms with Gasteiger partial charge in [0.2, 0.25) is 0 Å². The molecule has 0 aliphatic carbocycles. The van der Waals surface area contributed by atoms with Gasteiger partial charge in [0, 0.05) is 12.4 Å². The van der Waals surface area contributed by atoms with Crippen molar-refractivity contribution in [2.75, 3.05) is 6.54 Å². The molecule has 0 saturated heterocycles. The molecule has 0 aliphatic heterocycles. The van der Waals surface area contributed by atoms with Gasteiger partial charge in [-0.2, -0.15) is 0 Å². The van der Waals surface area contributed by atoms with Gasteiger partial charge in [-0.3, -0.25) is 0 Å². The van der Waals surface area contributed by atoms with Crippen molar-refractivity contribution >= 4 is 0 Å². The van der Waals surface area contributed by atoms with E-state index in [1.54, 1.807) is 12.4 Å². The minimum atomic E-state index is 0.364. The SMILES string of the molecule is Cc1ccc(Oc2ncc(CCN)cn2)c(C)c1. The largest absolute Gasteiger partial charge is 0.424 e. The number of ether oxygens (including phenoxy) is 1. The van der Waals surface area contributed by atoms with Crippen LogP contribution in [0.4, 0.5) is 0 Å². The Morgan fingerprint density at radius 2 is 1.89 bits per heavy atom. The van der Waals surface area contributed by atoms with Crippen molar-refractivity contribution in [1.82, 2.24) is 9.97 Å². The third kappa shape index (κ3) is 3.05. The second-order valence-electron chi connectivity index (χ2n) is 4.28. The number of aryl methyl sites for hydroxylation is 2. The summed E-state index contributed by atoms with van der Waals surface area (Å²) in [5, 5.41) is 0. The van der Waals surface area contributed by atoms with Crippen molar-refractivity contribution in [2.45, 2.75) is 20.3 Å². The molecule has 0 unspecified atom stereocenters. The predicted molar refractivity (Wildman–Crippen MR) is 70.8 cm³/mol. The fraction of sp³-hybridized carbons (Fsp3) is 0.286. The molecular weight excluding hydrogens is 226 g/mol. The second-order valence-corrected chi connectivity index (χ2v) is 4.28. The molecule has 1 aromatic carbocycles. The lowest BCUT2D eigenvalue weighted by molar-refractivity contribution is 0.438. The maximum atomic E-state index is 5.64. The highest BCUT2D eigenvalue weighted by Crippen LogP contribution is 2.22. The van der Waals surface area contributed by atoms with Gasteiger partial charge in [-0.1, -0.05) is 17.7 Å². The van der Waals surface area contributed by atoms with Gasteiger partial charge in [-0.25, -0.2) is 9.97 Å². The molecule has 0 spiro atoms. The van der Waals surface area contributed by atoms with Crippen LogP contribution in [0, 0.1) is 13.8 Å². The minimum Gasteiger partial charge on any atom is -0.424 e. The van der Waals surface area contributed by atoms with Crippen LogP contribution in [0.25, 0.3) is 0 Å². The summed E-state index contributed by atoms with van der Waals surface area (Å²) >= 11 is 0. The summed E-state index contributed by atoms with van der Waals surface area (Å²) in [6.45, 7) is 4.65.